The summed E-state index contributed by atoms with van der Waals surface area (Å²) in [6, 6.07) is 4.98. The van der Waals surface area contributed by atoms with Crippen LogP contribution in [0.1, 0.15) is 0 Å². The summed E-state index contributed by atoms with van der Waals surface area (Å²) < 4.78 is 3.65. The van der Waals surface area contributed by atoms with Crippen molar-refractivity contribution in [2.24, 2.45) is 7.05 Å². The summed E-state index contributed by atoms with van der Waals surface area (Å²) in [5.74, 6) is -0.121. The first-order valence-electron chi connectivity index (χ1n) is 5.30. The third-order valence-electron chi connectivity index (χ3n) is 2.35. The van der Waals surface area contributed by atoms with Gasteiger partial charge in [0.1, 0.15) is 12.4 Å². The molecule has 6 heteroatoms. The number of carbonyl (C=O) groups is 1. The summed E-state index contributed by atoms with van der Waals surface area (Å²) in [5.41, 5.74) is 0.630. The minimum atomic E-state index is -0.121. The lowest BCUT2D eigenvalue weighted by Gasteiger charge is -2.04. The normalized spacial score (nSPS) is 10.4. The second kappa shape index (κ2) is 5.42. The molecule has 0 saturated carbocycles. The second-order valence-electron chi connectivity index (χ2n) is 3.93. The molecule has 1 aromatic carbocycles. The van der Waals surface area contributed by atoms with Gasteiger partial charge in [-0.25, -0.2) is 9.13 Å². The summed E-state index contributed by atoms with van der Waals surface area (Å²) in [6.07, 6.45) is 5.52. The lowest BCUT2D eigenvalue weighted by Crippen LogP contribution is -2.25. The van der Waals surface area contributed by atoms with Gasteiger partial charge in [-0.05, 0) is 18.2 Å². The van der Waals surface area contributed by atoms with Crippen LogP contribution in [0.3, 0.4) is 0 Å². The molecule has 1 N–H and O–H groups in total. The van der Waals surface area contributed by atoms with Gasteiger partial charge in [0.05, 0.1) is 17.1 Å². The fourth-order valence-corrected chi connectivity index (χ4v) is 1.83. The van der Waals surface area contributed by atoms with Gasteiger partial charge in [0.25, 0.3) is 5.91 Å². The van der Waals surface area contributed by atoms with Crippen LogP contribution in [0.15, 0.2) is 36.9 Å². The van der Waals surface area contributed by atoms with Crippen molar-refractivity contribution >= 4 is 34.8 Å². The van der Waals surface area contributed by atoms with Gasteiger partial charge < -0.3 is 5.32 Å². The lowest BCUT2D eigenvalue weighted by atomic mass is 10.3. The van der Waals surface area contributed by atoms with Crippen molar-refractivity contribution in [3.05, 3.63) is 47.0 Å². The third-order valence-corrected chi connectivity index (χ3v) is 3.09. The first-order valence-corrected chi connectivity index (χ1v) is 6.06. The number of nitrogens with one attached hydrogen (secondary N) is 1. The first kappa shape index (κ1) is 12.9. The Hall–Kier alpha value is -1.52. The molecule has 94 valence electrons. The van der Waals surface area contributed by atoms with E-state index in [1.54, 1.807) is 22.8 Å². The maximum atomic E-state index is 11.8. The molecule has 0 atom stereocenters. The molecule has 0 aliphatic heterocycles. The van der Waals surface area contributed by atoms with E-state index in [4.69, 9.17) is 23.2 Å². The van der Waals surface area contributed by atoms with Crippen molar-refractivity contribution in [2.75, 3.05) is 5.32 Å². The van der Waals surface area contributed by atoms with E-state index in [0.717, 1.165) is 0 Å². The smallest absolute Gasteiger partial charge is 0.266 e. The van der Waals surface area contributed by atoms with Crippen LogP contribution in [0.5, 0.6) is 0 Å². The monoisotopic (exact) mass is 284 g/mol. The zero-order chi connectivity index (χ0) is 13.1. The van der Waals surface area contributed by atoms with E-state index in [9.17, 15) is 4.79 Å². The number of benzene rings is 1. The number of imidazole rings is 1. The molecule has 4 nitrogen and oxygen atoms in total. The fourth-order valence-electron chi connectivity index (χ4n) is 1.54. The number of nitrogens with zero attached hydrogens (tertiary/aromatic N) is 2. The van der Waals surface area contributed by atoms with E-state index in [1.165, 1.54) is 0 Å². The Morgan fingerprint density at radius 1 is 1.39 bits per heavy atom. The van der Waals surface area contributed by atoms with E-state index in [1.807, 2.05) is 30.3 Å². The second-order valence-corrected chi connectivity index (χ2v) is 4.74. The van der Waals surface area contributed by atoms with Gasteiger partial charge >= 0.3 is 0 Å². The van der Waals surface area contributed by atoms with E-state index in [-0.39, 0.29) is 12.5 Å². The van der Waals surface area contributed by atoms with Crippen LogP contribution in [-0.2, 0) is 18.4 Å². The maximum Gasteiger partial charge on any atom is 0.266 e. The highest BCUT2D eigenvalue weighted by atomic mass is 35.5. The molecule has 0 radical (unpaired) electrons. The molecule has 0 fully saturated rings. The molecule has 1 aromatic heterocycles. The van der Waals surface area contributed by atoms with Gasteiger partial charge in [0.15, 0.2) is 6.54 Å². The summed E-state index contributed by atoms with van der Waals surface area (Å²) in [7, 11) is 1.90. The van der Waals surface area contributed by atoms with Crippen LogP contribution >= 0.6 is 23.2 Å². The highest BCUT2D eigenvalue weighted by Gasteiger charge is 2.09. The Balaban J connectivity index is 2.00. The minimum absolute atomic E-state index is 0.121. The SMILES string of the molecule is C[n+]1ccn(CC(=O)Nc2ccc(Cl)c(Cl)c2)c1. The molecule has 1 amide bonds. The van der Waals surface area contributed by atoms with Crippen molar-refractivity contribution < 1.29 is 9.36 Å². The molecule has 0 saturated heterocycles. The summed E-state index contributed by atoms with van der Waals surface area (Å²) in [5, 5.41) is 3.64. The molecule has 0 aliphatic rings. The molecule has 2 aromatic rings. The van der Waals surface area contributed by atoms with Crippen molar-refractivity contribution in [1.29, 1.82) is 0 Å². The Bertz CT molecular complexity index is 580. The van der Waals surface area contributed by atoms with E-state index in [2.05, 4.69) is 5.32 Å². The number of hydrogen-bond acceptors (Lipinski definition) is 1. The van der Waals surface area contributed by atoms with Crippen molar-refractivity contribution in [2.45, 2.75) is 6.54 Å². The Morgan fingerprint density at radius 2 is 2.17 bits per heavy atom. The Kier molecular flexibility index (Phi) is 3.89. The predicted octanol–water partition coefficient (Wildman–Crippen LogP) is 2.26. The molecule has 0 bridgehead atoms. The molecule has 2 rings (SSSR count). The van der Waals surface area contributed by atoms with Gasteiger partial charge in [-0.15, -0.1) is 0 Å². The number of hydrogen-bond donors (Lipinski definition) is 1. The van der Waals surface area contributed by atoms with Crippen molar-refractivity contribution in [1.82, 2.24) is 4.57 Å². The molecule has 0 unspecified atom stereocenters. The molecular weight excluding hydrogens is 273 g/mol. The number of carbonyl (C=O) groups excluding carboxylic acids is 1. The predicted molar refractivity (Wildman–Crippen MR) is 70.7 cm³/mol. The fraction of sp³-hybridized carbons (Fsp3) is 0.167. The van der Waals surface area contributed by atoms with Gasteiger partial charge in [0.2, 0.25) is 6.33 Å². The number of anilines is 1. The van der Waals surface area contributed by atoms with E-state index < -0.39 is 0 Å². The summed E-state index contributed by atoms with van der Waals surface area (Å²) in [4.78, 5) is 11.8. The van der Waals surface area contributed by atoms with Gasteiger partial charge in [-0.3, -0.25) is 4.79 Å². The third kappa shape index (κ3) is 3.24. The van der Waals surface area contributed by atoms with Crippen LogP contribution in [0.25, 0.3) is 0 Å². The standard InChI is InChI=1S/C12H11Cl2N3O/c1-16-4-5-17(8-16)7-12(18)15-9-2-3-10(13)11(14)6-9/h2-6,8H,7H2,1H3/p+1. The first-order chi connectivity index (χ1) is 8.54. The quantitative estimate of drug-likeness (QED) is 0.863. The highest BCUT2D eigenvalue weighted by Crippen LogP contribution is 2.24. The van der Waals surface area contributed by atoms with Crippen molar-refractivity contribution in [3.63, 3.8) is 0 Å². The van der Waals surface area contributed by atoms with Crippen LogP contribution < -0.4 is 9.88 Å². The number of aromatic nitrogens is 2. The molecular formula is C12H12Cl2N3O+. The molecule has 0 spiro atoms. The average Bonchev–Trinajstić information content (AvgIpc) is 2.69. The van der Waals surface area contributed by atoms with Gasteiger partial charge in [-0.2, -0.15) is 0 Å². The van der Waals surface area contributed by atoms with Crippen LogP contribution in [0.4, 0.5) is 5.69 Å². The number of aryl methyl sites for hydroxylation is 1. The number of rotatable bonds is 3. The van der Waals surface area contributed by atoms with E-state index in [0.29, 0.717) is 15.7 Å². The van der Waals surface area contributed by atoms with E-state index >= 15 is 0 Å². The summed E-state index contributed by atoms with van der Waals surface area (Å²) in [6.45, 7) is 0.251. The largest absolute Gasteiger partial charge is 0.323 e. The molecule has 1 heterocycles. The Morgan fingerprint density at radius 3 is 2.78 bits per heavy atom. The maximum absolute atomic E-state index is 11.8. The summed E-state index contributed by atoms with van der Waals surface area (Å²) >= 11 is 11.7. The Labute approximate surface area is 115 Å². The molecule has 0 aliphatic carbocycles. The van der Waals surface area contributed by atoms with Crippen LogP contribution in [-0.4, -0.2) is 10.5 Å². The topological polar surface area (TPSA) is 37.9 Å². The zero-order valence-electron chi connectivity index (χ0n) is 9.73. The van der Waals surface area contributed by atoms with Crippen LogP contribution in [0, 0.1) is 0 Å². The molecule has 18 heavy (non-hydrogen) atoms. The number of amides is 1. The zero-order valence-corrected chi connectivity index (χ0v) is 11.2. The minimum Gasteiger partial charge on any atom is -0.323 e. The highest BCUT2D eigenvalue weighted by molar-refractivity contribution is 6.42. The number of halogens is 2. The van der Waals surface area contributed by atoms with Gasteiger partial charge in [0, 0.05) is 5.69 Å². The van der Waals surface area contributed by atoms with Crippen LogP contribution in [0.2, 0.25) is 10.0 Å². The van der Waals surface area contributed by atoms with Crippen molar-refractivity contribution in [3.8, 4) is 0 Å². The lowest BCUT2D eigenvalue weighted by molar-refractivity contribution is -0.671. The average molecular weight is 285 g/mol. The van der Waals surface area contributed by atoms with Gasteiger partial charge in [-0.1, -0.05) is 23.2 Å².